The quantitative estimate of drug-likeness (QED) is 0.432. The van der Waals surface area contributed by atoms with Crippen LogP contribution < -0.4 is 14.8 Å². The topological polar surface area (TPSA) is 111 Å². The first-order valence-electron chi connectivity index (χ1n) is 10.9. The Kier molecular flexibility index (Phi) is 5.66. The molecule has 3 aromatic rings. The van der Waals surface area contributed by atoms with Gasteiger partial charge in [0.05, 0.1) is 23.2 Å². The van der Waals surface area contributed by atoms with Gasteiger partial charge in [0, 0.05) is 11.8 Å². The summed E-state index contributed by atoms with van der Waals surface area (Å²) in [4.78, 5) is 51.2. The fourth-order valence-corrected chi connectivity index (χ4v) is 3.81. The van der Waals surface area contributed by atoms with Crippen LogP contribution in [0.4, 0.5) is 5.69 Å². The highest BCUT2D eigenvalue weighted by Gasteiger charge is 2.35. The van der Waals surface area contributed by atoms with E-state index in [0.717, 1.165) is 0 Å². The van der Waals surface area contributed by atoms with E-state index in [0.29, 0.717) is 33.9 Å². The highest BCUT2D eigenvalue weighted by Crippen LogP contribution is 2.34. The van der Waals surface area contributed by atoms with Crippen molar-refractivity contribution in [2.45, 2.75) is 19.6 Å². The number of imide groups is 1. The fourth-order valence-electron chi connectivity index (χ4n) is 3.81. The van der Waals surface area contributed by atoms with Crippen LogP contribution in [-0.4, -0.2) is 41.5 Å². The highest BCUT2D eigenvalue weighted by atomic mass is 16.7. The molecule has 0 radical (unpaired) electrons. The third-order valence-electron chi connectivity index (χ3n) is 5.70. The van der Waals surface area contributed by atoms with Crippen LogP contribution in [-0.2, 0) is 16.1 Å². The van der Waals surface area contributed by atoms with E-state index in [-0.39, 0.29) is 30.7 Å². The van der Waals surface area contributed by atoms with Gasteiger partial charge in [-0.15, -0.1) is 0 Å². The van der Waals surface area contributed by atoms with Crippen molar-refractivity contribution in [3.05, 3.63) is 89.0 Å². The number of rotatable bonds is 6. The Morgan fingerprint density at radius 2 is 1.60 bits per heavy atom. The third kappa shape index (κ3) is 4.31. The Morgan fingerprint density at radius 3 is 2.29 bits per heavy atom. The van der Waals surface area contributed by atoms with Crippen molar-refractivity contribution in [3.63, 3.8) is 0 Å². The molecule has 0 saturated carbocycles. The third-order valence-corrected chi connectivity index (χ3v) is 5.70. The van der Waals surface area contributed by atoms with Gasteiger partial charge in [-0.1, -0.05) is 24.3 Å². The zero-order valence-corrected chi connectivity index (χ0v) is 18.6. The van der Waals surface area contributed by atoms with Gasteiger partial charge < -0.3 is 19.5 Å². The van der Waals surface area contributed by atoms with Crippen molar-refractivity contribution in [3.8, 4) is 11.5 Å². The van der Waals surface area contributed by atoms with E-state index in [1.807, 2.05) is 0 Å². The minimum atomic E-state index is -1.05. The Bertz CT molecular complexity index is 1320. The molecule has 0 aliphatic carbocycles. The second-order valence-corrected chi connectivity index (χ2v) is 8.04. The van der Waals surface area contributed by atoms with E-state index < -0.39 is 18.0 Å². The molecule has 1 N–H and O–H groups in total. The second-order valence-electron chi connectivity index (χ2n) is 8.04. The minimum Gasteiger partial charge on any atom is -0.454 e. The highest BCUT2D eigenvalue weighted by molar-refractivity contribution is 6.21. The molecule has 35 heavy (non-hydrogen) atoms. The van der Waals surface area contributed by atoms with Gasteiger partial charge in [-0.2, -0.15) is 0 Å². The van der Waals surface area contributed by atoms with Gasteiger partial charge in [-0.05, 0) is 48.9 Å². The first kappa shape index (κ1) is 22.1. The van der Waals surface area contributed by atoms with Gasteiger partial charge in [0.15, 0.2) is 17.6 Å². The van der Waals surface area contributed by atoms with E-state index >= 15 is 0 Å². The summed E-state index contributed by atoms with van der Waals surface area (Å²) in [6.45, 7) is 1.67. The number of nitrogens with one attached hydrogen (secondary N) is 1. The Balaban J connectivity index is 1.18. The summed E-state index contributed by atoms with van der Waals surface area (Å²) in [5.41, 5.74) is 2.15. The van der Waals surface area contributed by atoms with Crippen molar-refractivity contribution in [2.24, 2.45) is 0 Å². The van der Waals surface area contributed by atoms with Gasteiger partial charge in [-0.3, -0.25) is 19.3 Å². The number of carbonyl (C=O) groups excluding carboxylic acids is 4. The number of ether oxygens (including phenoxy) is 3. The second kappa shape index (κ2) is 8.94. The van der Waals surface area contributed by atoms with Gasteiger partial charge in [0.2, 0.25) is 6.79 Å². The Labute approximate surface area is 200 Å². The molecule has 0 aromatic heterocycles. The molecule has 1 unspecified atom stereocenters. The van der Waals surface area contributed by atoms with E-state index in [4.69, 9.17) is 14.2 Å². The molecule has 9 heteroatoms. The summed E-state index contributed by atoms with van der Waals surface area (Å²) in [6.07, 6.45) is -1.05. The normalized spacial score (nSPS) is 14.5. The monoisotopic (exact) mass is 472 g/mol. The molecule has 9 nitrogen and oxygen atoms in total. The number of amides is 3. The van der Waals surface area contributed by atoms with Gasteiger partial charge in [0.25, 0.3) is 17.7 Å². The number of hydrogen-bond donors (Lipinski definition) is 1. The molecule has 0 bridgehead atoms. The molecule has 2 aliphatic rings. The maximum atomic E-state index is 12.5. The van der Waals surface area contributed by atoms with Crippen molar-refractivity contribution in [2.75, 3.05) is 12.1 Å². The first-order chi connectivity index (χ1) is 16.9. The molecule has 0 fully saturated rings. The van der Waals surface area contributed by atoms with Crippen molar-refractivity contribution in [1.29, 1.82) is 0 Å². The molecule has 5 rings (SSSR count). The molecule has 0 spiro atoms. The van der Waals surface area contributed by atoms with Gasteiger partial charge in [0.1, 0.15) is 0 Å². The lowest BCUT2D eigenvalue weighted by Crippen LogP contribution is -2.30. The predicted molar refractivity (Wildman–Crippen MR) is 123 cm³/mol. The number of carbonyl (C=O) groups is 4. The molecule has 0 saturated heterocycles. The van der Waals surface area contributed by atoms with Crippen LogP contribution in [0.5, 0.6) is 11.5 Å². The molecule has 3 amide bonds. The SMILES string of the molecule is CC(OC(=O)c1ccc(CN2C(=O)c3ccccc3C2=O)cc1)C(=O)Nc1ccc2c(c1)OCO2. The van der Waals surface area contributed by atoms with Crippen LogP contribution in [0.2, 0.25) is 0 Å². The number of esters is 1. The number of hydrogen-bond acceptors (Lipinski definition) is 7. The molecular formula is C26H20N2O7. The lowest BCUT2D eigenvalue weighted by atomic mass is 10.1. The molecular weight excluding hydrogens is 452 g/mol. The largest absolute Gasteiger partial charge is 0.454 e. The molecule has 176 valence electrons. The Morgan fingerprint density at radius 1 is 0.943 bits per heavy atom. The maximum Gasteiger partial charge on any atom is 0.338 e. The summed E-state index contributed by atoms with van der Waals surface area (Å²) >= 11 is 0. The van der Waals surface area contributed by atoms with E-state index in [1.54, 1.807) is 54.6 Å². The molecule has 3 aromatic carbocycles. The van der Waals surface area contributed by atoms with E-state index in [1.165, 1.54) is 24.0 Å². The van der Waals surface area contributed by atoms with Crippen LogP contribution in [0.1, 0.15) is 43.6 Å². The number of anilines is 1. The lowest BCUT2D eigenvalue weighted by Gasteiger charge is -2.15. The van der Waals surface area contributed by atoms with Gasteiger partial charge in [-0.25, -0.2) is 4.79 Å². The average molecular weight is 472 g/mol. The van der Waals surface area contributed by atoms with Crippen LogP contribution >= 0.6 is 0 Å². The number of fused-ring (bicyclic) bond motifs is 2. The summed E-state index contributed by atoms with van der Waals surface area (Å²) in [6, 6.07) is 18.0. The lowest BCUT2D eigenvalue weighted by molar-refractivity contribution is -0.123. The van der Waals surface area contributed by atoms with Gasteiger partial charge >= 0.3 is 5.97 Å². The maximum absolute atomic E-state index is 12.5. The summed E-state index contributed by atoms with van der Waals surface area (Å²) in [5.74, 6) is -0.763. The fraction of sp³-hybridized carbons (Fsp3) is 0.154. The smallest absolute Gasteiger partial charge is 0.338 e. The van der Waals surface area contributed by atoms with Crippen molar-refractivity contribution in [1.82, 2.24) is 4.90 Å². The predicted octanol–water partition coefficient (Wildman–Crippen LogP) is 3.40. The van der Waals surface area contributed by atoms with E-state index in [2.05, 4.69) is 5.32 Å². The van der Waals surface area contributed by atoms with Crippen LogP contribution in [0.3, 0.4) is 0 Å². The molecule has 1 atom stereocenters. The van der Waals surface area contributed by atoms with Crippen LogP contribution in [0.15, 0.2) is 66.7 Å². The summed E-state index contributed by atoms with van der Waals surface area (Å²) < 4.78 is 15.8. The minimum absolute atomic E-state index is 0.0794. The van der Waals surface area contributed by atoms with Crippen LogP contribution in [0.25, 0.3) is 0 Å². The number of benzene rings is 3. The average Bonchev–Trinajstić information content (AvgIpc) is 3.43. The van der Waals surface area contributed by atoms with E-state index in [9.17, 15) is 19.2 Å². The molecule has 2 heterocycles. The Hall–Kier alpha value is -4.66. The number of nitrogens with zero attached hydrogens (tertiary/aromatic N) is 1. The first-order valence-corrected chi connectivity index (χ1v) is 10.9. The summed E-state index contributed by atoms with van der Waals surface area (Å²) in [5, 5.41) is 2.67. The van der Waals surface area contributed by atoms with Crippen LogP contribution in [0, 0.1) is 0 Å². The van der Waals surface area contributed by atoms with Crippen molar-refractivity contribution < 1.29 is 33.4 Å². The zero-order valence-electron chi connectivity index (χ0n) is 18.6. The summed E-state index contributed by atoms with van der Waals surface area (Å²) in [7, 11) is 0. The zero-order chi connectivity index (χ0) is 24.5. The van der Waals surface area contributed by atoms with Crippen molar-refractivity contribution >= 4 is 29.4 Å². The molecule has 2 aliphatic heterocycles. The standard InChI is InChI=1S/C26H20N2O7/c1-15(23(29)27-18-10-11-21-22(12-18)34-14-33-21)35-26(32)17-8-6-16(7-9-17)13-28-24(30)19-4-2-3-5-20(19)25(28)31/h2-12,15H,13-14H2,1H3,(H,27,29).